The average molecular weight is 337 g/mol. The smallest absolute Gasteiger partial charge is 0.335 e. The maximum Gasteiger partial charge on any atom is 0.335 e. The standard InChI is InChI=1S/C20H19NO4/c1-20(2)16-5-3-4-6-17(16)21-18(20)11-14(22)12-25-15-9-7-13(8-10-15)19(23)24/h3-11,21H,12H2,1-2H3,(H,23,24)/b18-11-. The van der Waals surface area contributed by atoms with Crippen molar-refractivity contribution in [3.05, 3.63) is 71.4 Å². The fraction of sp³-hybridized carbons (Fsp3) is 0.200. The summed E-state index contributed by atoms with van der Waals surface area (Å²) in [5.74, 6) is -0.703. The van der Waals surface area contributed by atoms with Gasteiger partial charge in [-0.1, -0.05) is 32.0 Å². The largest absolute Gasteiger partial charge is 0.485 e. The number of hydrogen-bond donors (Lipinski definition) is 2. The minimum atomic E-state index is -0.999. The zero-order chi connectivity index (χ0) is 18.0. The van der Waals surface area contributed by atoms with Crippen LogP contribution in [0.25, 0.3) is 0 Å². The number of carbonyl (C=O) groups is 2. The molecule has 0 radical (unpaired) electrons. The molecule has 3 rings (SSSR count). The first-order valence-corrected chi connectivity index (χ1v) is 7.95. The second kappa shape index (κ2) is 6.43. The summed E-state index contributed by atoms with van der Waals surface area (Å²) >= 11 is 0. The Morgan fingerprint density at radius 1 is 1.12 bits per heavy atom. The van der Waals surface area contributed by atoms with Gasteiger partial charge in [-0.25, -0.2) is 4.79 Å². The van der Waals surface area contributed by atoms with Crippen LogP contribution in [-0.4, -0.2) is 23.5 Å². The van der Waals surface area contributed by atoms with Crippen LogP contribution in [-0.2, 0) is 10.2 Å². The summed E-state index contributed by atoms with van der Waals surface area (Å²) in [6, 6.07) is 13.9. The molecule has 0 saturated carbocycles. The highest BCUT2D eigenvalue weighted by Crippen LogP contribution is 2.42. The van der Waals surface area contributed by atoms with Gasteiger partial charge in [0.05, 0.1) is 5.56 Å². The van der Waals surface area contributed by atoms with Crippen LogP contribution in [0.5, 0.6) is 5.75 Å². The van der Waals surface area contributed by atoms with E-state index in [1.807, 2.05) is 24.3 Å². The second-order valence-corrected chi connectivity index (χ2v) is 6.44. The lowest BCUT2D eigenvalue weighted by atomic mass is 9.83. The molecule has 2 aromatic carbocycles. The van der Waals surface area contributed by atoms with Gasteiger partial charge in [0.1, 0.15) is 5.75 Å². The Morgan fingerprint density at radius 2 is 1.80 bits per heavy atom. The summed E-state index contributed by atoms with van der Waals surface area (Å²) in [7, 11) is 0. The molecule has 2 N–H and O–H groups in total. The van der Waals surface area contributed by atoms with E-state index in [2.05, 4.69) is 19.2 Å². The number of para-hydroxylation sites is 1. The third-order valence-electron chi connectivity index (χ3n) is 4.33. The number of ketones is 1. The SMILES string of the molecule is CC1(C)/C(=C/C(=O)COc2ccc(C(=O)O)cc2)Nc2ccccc21. The third kappa shape index (κ3) is 3.40. The molecule has 0 atom stereocenters. The van der Waals surface area contributed by atoms with Gasteiger partial charge in [0, 0.05) is 22.9 Å². The predicted molar refractivity (Wildman–Crippen MR) is 95.1 cm³/mol. The number of benzene rings is 2. The Balaban J connectivity index is 1.67. The lowest BCUT2D eigenvalue weighted by Gasteiger charge is -2.20. The number of carboxylic acids is 1. The summed E-state index contributed by atoms with van der Waals surface area (Å²) in [6.45, 7) is 4.02. The minimum Gasteiger partial charge on any atom is -0.485 e. The number of fused-ring (bicyclic) bond motifs is 1. The van der Waals surface area contributed by atoms with Crippen molar-refractivity contribution < 1.29 is 19.4 Å². The van der Waals surface area contributed by atoms with Crippen molar-refractivity contribution in [2.24, 2.45) is 0 Å². The van der Waals surface area contributed by atoms with E-state index >= 15 is 0 Å². The average Bonchev–Trinajstić information content (AvgIpc) is 2.84. The number of hydrogen-bond acceptors (Lipinski definition) is 4. The lowest BCUT2D eigenvalue weighted by molar-refractivity contribution is -0.116. The van der Waals surface area contributed by atoms with Gasteiger partial charge in [-0.2, -0.15) is 0 Å². The number of aromatic carboxylic acids is 1. The van der Waals surface area contributed by atoms with E-state index in [0.29, 0.717) is 5.75 Å². The van der Waals surface area contributed by atoms with Crippen LogP contribution in [0.3, 0.4) is 0 Å². The highest BCUT2D eigenvalue weighted by Gasteiger charge is 2.34. The van der Waals surface area contributed by atoms with Gasteiger partial charge in [-0.3, -0.25) is 4.79 Å². The summed E-state index contributed by atoms with van der Waals surface area (Å²) in [5.41, 5.74) is 2.91. The lowest BCUT2D eigenvalue weighted by Crippen LogP contribution is -2.20. The monoisotopic (exact) mass is 337 g/mol. The van der Waals surface area contributed by atoms with Crippen LogP contribution in [0.1, 0.15) is 29.8 Å². The second-order valence-electron chi connectivity index (χ2n) is 6.44. The molecule has 0 saturated heterocycles. The number of carbonyl (C=O) groups excluding carboxylic acids is 1. The normalized spacial score (nSPS) is 16.2. The van der Waals surface area contributed by atoms with Crippen LogP contribution in [0.4, 0.5) is 5.69 Å². The number of carboxylic acid groups (broad SMARTS) is 1. The summed E-state index contributed by atoms with van der Waals surface area (Å²) in [5, 5.41) is 12.2. The highest BCUT2D eigenvalue weighted by molar-refractivity contribution is 5.93. The fourth-order valence-corrected chi connectivity index (χ4v) is 2.85. The molecule has 1 aliphatic rings. The van der Waals surface area contributed by atoms with E-state index < -0.39 is 5.97 Å². The van der Waals surface area contributed by atoms with E-state index in [9.17, 15) is 9.59 Å². The van der Waals surface area contributed by atoms with Gasteiger partial charge in [0.25, 0.3) is 0 Å². The first kappa shape index (κ1) is 16.8. The Kier molecular flexibility index (Phi) is 4.31. The van der Waals surface area contributed by atoms with Gasteiger partial charge < -0.3 is 15.2 Å². The molecule has 25 heavy (non-hydrogen) atoms. The van der Waals surface area contributed by atoms with E-state index in [1.54, 1.807) is 6.08 Å². The quantitative estimate of drug-likeness (QED) is 0.815. The van der Waals surface area contributed by atoms with Gasteiger partial charge in [-0.05, 0) is 35.9 Å². The van der Waals surface area contributed by atoms with Crippen molar-refractivity contribution in [3.8, 4) is 5.75 Å². The summed E-state index contributed by atoms with van der Waals surface area (Å²) < 4.78 is 5.44. The molecular weight excluding hydrogens is 318 g/mol. The molecule has 128 valence electrons. The molecule has 0 aromatic heterocycles. The van der Waals surface area contributed by atoms with Crippen molar-refractivity contribution in [3.63, 3.8) is 0 Å². The van der Waals surface area contributed by atoms with Crippen molar-refractivity contribution in [1.29, 1.82) is 0 Å². The van der Waals surface area contributed by atoms with Crippen molar-refractivity contribution in [2.75, 3.05) is 11.9 Å². The van der Waals surface area contributed by atoms with Gasteiger partial charge in [0.15, 0.2) is 12.4 Å². The zero-order valence-electron chi connectivity index (χ0n) is 14.1. The topological polar surface area (TPSA) is 75.6 Å². The number of rotatable bonds is 5. The number of nitrogens with one attached hydrogen (secondary N) is 1. The first-order chi connectivity index (χ1) is 11.9. The van der Waals surface area contributed by atoms with Crippen LogP contribution >= 0.6 is 0 Å². The van der Waals surface area contributed by atoms with Crippen LogP contribution in [0.2, 0.25) is 0 Å². The van der Waals surface area contributed by atoms with E-state index in [4.69, 9.17) is 9.84 Å². The van der Waals surface area contributed by atoms with Crippen molar-refractivity contribution >= 4 is 17.4 Å². The highest BCUT2D eigenvalue weighted by atomic mass is 16.5. The van der Waals surface area contributed by atoms with Crippen LogP contribution < -0.4 is 10.1 Å². The minimum absolute atomic E-state index is 0.107. The Hall–Kier alpha value is -3.08. The Bertz CT molecular complexity index is 850. The van der Waals surface area contributed by atoms with Gasteiger partial charge >= 0.3 is 5.97 Å². The molecule has 0 spiro atoms. The number of allylic oxidation sites excluding steroid dienone is 1. The van der Waals surface area contributed by atoms with Crippen molar-refractivity contribution in [1.82, 2.24) is 0 Å². The van der Waals surface area contributed by atoms with Gasteiger partial charge in [0.2, 0.25) is 0 Å². The van der Waals surface area contributed by atoms with Gasteiger partial charge in [-0.15, -0.1) is 0 Å². The molecule has 0 unspecified atom stereocenters. The molecule has 0 fully saturated rings. The maximum atomic E-state index is 12.3. The molecule has 2 aromatic rings. The zero-order valence-corrected chi connectivity index (χ0v) is 14.1. The van der Waals surface area contributed by atoms with E-state index in [1.165, 1.54) is 24.3 Å². The molecule has 5 nitrogen and oxygen atoms in total. The third-order valence-corrected chi connectivity index (χ3v) is 4.33. The maximum absolute atomic E-state index is 12.3. The summed E-state index contributed by atoms with van der Waals surface area (Å²) in [6.07, 6.45) is 1.58. The molecule has 1 heterocycles. The van der Waals surface area contributed by atoms with E-state index in [-0.39, 0.29) is 23.4 Å². The van der Waals surface area contributed by atoms with Crippen LogP contribution in [0.15, 0.2) is 60.3 Å². The molecule has 0 aliphatic carbocycles. The van der Waals surface area contributed by atoms with Crippen LogP contribution in [0, 0.1) is 0 Å². The molecule has 0 bridgehead atoms. The van der Waals surface area contributed by atoms with E-state index in [0.717, 1.165) is 16.9 Å². The predicted octanol–water partition coefficient (Wildman–Crippen LogP) is 3.62. The first-order valence-electron chi connectivity index (χ1n) is 7.95. The molecule has 0 amide bonds. The number of ether oxygens (including phenoxy) is 1. The molecule has 5 heteroatoms. The fourth-order valence-electron chi connectivity index (χ4n) is 2.85. The number of anilines is 1. The summed E-state index contributed by atoms with van der Waals surface area (Å²) in [4.78, 5) is 23.1. The molecular formula is C20H19NO4. The Labute approximate surface area is 145 Å². The molecule has 1 aliphatic heterocycles. The Morgan fingerprint density at radius 3 is 2.44 bits per heavy atom. The van der Waals surface area contributed by atoms with Crippen molar-refractivity contribution in [2.45, 2.75) is 19.3 Å².